The summed E-state index contributed by atoms with van der Waals surface area (Å²) in [5.41, 5.74) is 9.27. The number of aliphatic hydroxyl groups excluding tert-OH is 2. The topological polar surface area (TPSA) is 156 Å². The van der Waals surface area contributed by atoms with Crippen LogP contribution in [0.2, 0.25) is 0 Å². The van der Waals surface area contributed by atoms with Crippen molar-refractivity contribution in [1.82, 2.24) is 24.5 Å². The standard InChI is InChI=1S/C32H35FN6O5/c1-17(42)27-28(20-10-21-6-7-22(11-20)38(21)31(43)32(2,15-40)16-41)37-30-23(14-36-39(30)29(27)34)19-4-8-25(35-13-19)18-5-9-26(44-3)24(33)12-18/h4-5,8-9,12-14,20-22,40-41H,6-7,10-11,15-16,34H2,1-3H3/t20-,21+,22-. The van der Waals surface area contributed by atoms with Crippen molar-refractivity contribution in [1.29, 1.82) is 0 Å². The maximum Gasteiger partial charge on any atom is 0.233 e. The number of ketones is 1. The van der Waals surface area contributed by atoms with Gasteiger partial charge in [0.25, 0.3) is 0 Å². The molecule has 2 aliphatic rings. The van der Waals surface area contributed by atoms with Crippen LogP contribution in [0.3, 0.4) is 0 Å². The number of aromatic nitrogens is 4. The number of hydrogen-bond acceptors (Lipinski definition) is 9. The van der Waals surface area contributed by atoms with Gasteiger partial charge < -0.3 is 25.6 Å². The molecule has 2 aliphatic heterocycles. The number of hydrogen-bond donors (Lipinski definition) is 3. The summed E-state index contributed by atoms with van der Waals surface area (Å²) in [5.74, 6) is -0.742. The monoisotopic (exact) mass is 602 g/mol. The lowest BCUT2D eigenvalue weighted by atomic mass is 9.82. The fourth-order valence-electron chi connectivity index (χ4n) is 6.67. The fourth-order valence-corrected chi connectivity index (χ4v) is 6.67. The molecule has 6 rings (SSSR count). The number of anilines is 1. The van der Waals surface area contributed by atoms with Gasteiger partial charge in [0.2, 0.25) is 5.91 Å². The fraction of sp³-hybridized carbons (Fsp3) is 0.406. The summed E-state index contributed by atoms with van der Waals surface area (Å²) in [6.45, 7) is 2.14. The van der Waals surface area contributed by atoms with Gasteiger partial charge in [-0.1, -0.05) is 6.07 Å². The molecule has 2 saturated heterocycles. The van der Waals surface area contributed by atoms with E-state index >= 15 is 0 Å². The molecular formula is C32H35FN6O5. The molecule has 3 aromatic heterocycles. The van der Waals surface area contributed by atoms with Gasteiger partial charge in [-0.3, -0.25) is 14.6 Å². The second kappa shape index (κ2) is 11.3. The number of amides is 1. The highest BCUT2D eigenvalue weighted by Crippen LogP contribution is 2.46. The van der Waals surface area contributed by atoms with Gasteiger partial charge in [-0.15, -0.1) is 0 Å². The molecule has 1 aromatic carbocycles. The van der Waals surface area contributed by atoms with E-state index in [9.17, 15) is 24.2 Å². The number of piperidine rings is 1. The minimum atomic E-state index is -1.25. The Morgan fingerprint density at radius 3 is 2.34 bits per heavy atom. The van der Waals surface area contributed by atoms with Crippen molar-refractivity contribution in [2.24, 2.45) is 5.41 Å². The van der Waals surface area contributed by atoms with Crippen LogP contribution < -0.4 is 10.5 Å². The smallest absolute Gasteiger partial charge is 0.233 e. The van der Waals surface area contributed by atoms with Crippen LogP contribution in [0.15, 0.2) is 42.7 Å². The molecule has 0 aliphatic carbocycles. The Kier molecular flexibility index (Phi) is 7.58. The van der Waals surface area contributed by atoms with Crippen LogP contribution in [0.25, 0.3) is 28.0 Å². The van der Waals surface area contributed by atoms with Crippen molar-refractivity contribution in [2.45, 2.75) is 57.5 Å². The van der Waals surface area contributed by atoms with Crippen molar-refractivity contribution in [2.75, 3.05) is 26.1 Å². The molecule has 1 amide bonds. The number of halogens is 1. The number of carbonyl (C=O) groups is 2. The second-order valence-corrected chi connectivity index (χ2v) is 12.0. The Morgan fingerprint density at radius 1 is 1.09 bits per heavy atom. The van der Waals surface area contributed by atoms with Crippen LogP contribution in [0.5, 0.6) is 5.75 Å². The van der Waals surface area contributed by atoms with Crippen LogP contribution >= 0.6 is 0 Å². The third kappa shape index (κ3) is 4.78. The highest BCUT2D eigenvalue weighted by molar-refractivity contribution is 6.00. The zero-order chi connectivity index (χ0) is 31.3. The number of fused-ring (bicyclic) bond motifs is 3. The SMILES string of the molecule is COc1ccc(-c2ccc(-c3cnn4c(N)c(C(C)=O)c([C@H]5C[C@H]6CC[C@@H](C5)N6C(=O)C(C)(CO)CO)nc34)cn2)cc1F. The first-order chi connectivity index (χ1) is 21.1. The molecule has 2 bridgehead atoms. The largest absolute Gasteiger partial charge is 0.494 e. The van der Waals surface area contributed by atoms with E-state index in [4.69, 9.17) is 15.5 Å². The third-order valence-electron chi connectivity index (χ3n) is 9.15. The summed E-state index contributed by atoms with van der Waals surface area (Å²) in [6.07, 6.45) is 6.04. The van der Waals surface area contributed by atoms with Crippen LogP contribution in [-0.4, -0.2) is 78.8 Å². The molecule has 0 radical (unpaired) electrons. The van der Waals surface area contributed by atoms with Crippen LogP contribution in [0.4, 0.5) is 10.2 Å². The Labute approximate surface area is 253 Å². The number of aliphatic hydroxyl groups is 2. The molecule has 4 N–H and O–H groups in total. The molecule has 4 aromatic rings. The number of nitrogen functional groups attached to an aromatic ring is 1. The summed E-state index contributed by atoms with van der Waals surface area (Å²) in [5, 5.41) is 24.1. The third-order valence-corrected chi connectivity index (χ3v) is 9.15. The van der Waals surface area contributed by atoms with Crippen LogP contribution in [0, 0.1) is 11.2 Å². The van der Waals surface area contributed by atoms with Gasteiger partial charge in [-0.25, -0.2) is 9.37 Å². The van der Waals surface area contributed by atoms with E-state index in [1.165, 1.54) is 24.6 Å². The zero-order valence-corrected chi connectivity index (χ0v) is 24.8. The number of nitrogens with two attached hydrogens (primary N) is 1. The predicted octanol–water partition coefficient (Wildman–Crippen LogP) is 3.62. The minimum absolute atomic E-state index is 0.105. The molecule has 2 fully saturated rings. The van der Waals surface area contributed by atoms with Gasteiger partial charge in [0, 0.05) is 40.9 Å². The first-order valence-electron chi connectivity index (χ1n) is 14.6. The van der Waals surface area contributed by atoms with E-state index in [1.807, 2.05) is 11.0 Å². The number of rotatable bonds is 8. The van der Waals surface area contributed by atoms with Gasteiger partial charge in [-0.05, 0) is 63.8 Å². The van der Waals surface area contributed by atoms with Crippen molar-refractivity contribution in [3.63, 3.8) is 0 Å². The number of methoxy groups -OCH3 is 1. The molecule has 230 valence electrons. The normalized spacial score (nSPS) is 19.9. The maximum absolute atomic E-state index is 14.3. The predicted molar refractivity (Wildman–Crippen MR) is 160 cm³/mol. The van der Waals surface area contributed by atoms with Crippen molar-refractivity contribution < 1.29 is 28.9 Å². The second-order valence-electron chi connectivity index (χ2n) is 12.0. The lowest BCUT2D eigenvalue weighted by Gasteiger charge is -2.42. The van der Waals surface area contributed by atoms with Gasteiger partial charge in [0.05, 0.1) is 48.9 Å². The maximum atomic E-state index is 14.3. The lowest BCUT2D eigenvalue weighted by molar-refractivity contribution is -0.151. The van der Waals surface area contributed by atoms with Crippen LogP contribution in [0.1, 0.15) is 61.5 Å². The summed E-state index contributed by atoms with van der Waals surface area (Å²) >= 11 is 0. The summed E-state index contributed by atoms with van der Waals surface area (Å²) in [4.78, 5) is 37.7. The zero-order valence-electron chi connectivity index (χ0n) is 24.8. The first-order valence-corrected chi connectivity index (χ1v) is 14.6. The van der Waals surface area contributed by atoms with Crippen molar-refractivity contribution in [3.8, 4) is 28.1 Å². The summed E-state index contributed by atoms with van der Waals surface area (Å²) in [7, 11) is 1.41. The number of ether oxygens (including phenoxy) is 1. The molecule has 44 heavy (non-hydrogen) atoms. The Bertz CT molecular complexity index is 1740. The van der Waals surface area contributed by atoms with Gasteiger partial charge in [0.1, 0.15) is 5.82 Å². The van der Waals surface area contributed by atoms with E-state index in [1.54, 1.807) is 37.5 Å². The van der Waals surface area contributed by atoms with E-state index in [0.717, 1.165) is 18.4 Å². The van der Waals surface area contributed by atoms with Crippen LogP contribution in [-0.2, 0) is 4.79 Å². The van der Waals surface area contributed by atoms with E-state index in [0.29, 0.717) is 46.6 Å². The Morgan fingerprint density at radius 2 is 1.77 bits per heavy atom. The molecular weight excluding hydrogens is 567 g/mol. The molecule has 3 atom stereocenters. The van der Waals surface area contributed by atoms with Crippen molar-refractivity contribution >= 4 is 23.2 Å². The van der Waals surface area contributed by atoms with E-state index in [2.05, 4.69) is 10.1 Å². The van der Waals surface area contributed by atoms with E-state index in [-0.39, 0.29) is 41.3 Å². The Balaban J connectivity index is 1.35. The van der Waals surface area contributed by atoms with Gasteiger partial charge in [-0.2, -0.15) is 9.61 Å². The highest BCUT2D eigenvalue weighted by Gasteiger charge is 2.49. The molecule has 0 saturated carbocycles. The number of carbonyl (C=O) groups excluding carboxylic acids is 2. The summed E-state index contributed by atoms with van der Waals surface area (Å²) in [6, 6.07) is 8.08. The molecule has 0 unspecified atom stereocenters. The average Bonchev–Trinajstić information content (AvgIpc) is 3.57. The van der Waals surface area contributed by atoms with Gasteiger partial charge >= 0.3 is 0 Å². The van der Waals surface area contributed by atoms with Crippen molar-refractivity contribution in [3.05, 3.63) is 59.8 Å². The highest BCUT2D eigenvalue weighted by atomic mass is 19.1. The molecule has 5 heterocycles. The number of Topliss-reactive ketones (excluding diaryl/α,β-unsaturated/α-hetero) is 1. The summed E-state index contributed by atoms with van der Waals surface area (Å²) < 4.78 is 20.8. The van der Waals surface area contributed by atoms with Gasteiger partial charge in [0.15, 0.2) is 23.0 Å². The lowest BCUT2D eigenvalue weighted by Crippen LogP contribution is -2.54. The Hall–Kier alpha value is -4.42. The minimum Gasteiger partial charge on any atom is -0.494 e. The first kappa shape index (κ1) is 29.6. The molecule has 0 spiro atoms. The number of nitrogens with zero attached hydrogens (tertiary/aromatic N) is 5. The average molecular weight is 603 g/mol. The molecule has 11 nitrogen and oxygen atoms in total. The molecule has 12 heteroatoms. The number of benzene rings is 1. The number of pyridine rings is 1. The quantitative estimate of drug-likeness (QED) is 0.256. The van der Waals surface area contributed by atoms with E-state index < -0.39 is 24.4 Å².